The molecular weight excluding hydrogens is 203 g/mol. The summed E-state index contributed by atoms with van der Waals surface area (Å²) in [5, 5.41) is 3.51. The van der Waals surface area contributed by atoms with E-state index in [1.807, 2.05) is 6.07 Å². The van der Waals surface area contributed by atoms with Gasteiger partial charge in [-0.25, -0.2) is 4.39 Å². The van der Waals surface area contributed by atoms with Crippen LogP contribution in [0.1, 0.15) is 19.8 Å². The third-order valence-corrected chi connectivity index (χ3v) is 3.04. The minimum absolute atomic E-state index is 0.150. The molecule has 16 heavy (non-hydrogen) atoms. The van der Waals surface area contributed by atoms with Crippen LogP contribution in [-0.2, 0) is 0 Å². The molecule has 0 spiro atoms. The van der Waals surface area contributed by atoms with E-state index in [2.05, 4.69) is 17.1 Å². The van der Waals surface area contributed by atoms with E-state index in [1.165, 1.54) is 6.07 Å². The number of anilines is 1. The molecule has 0 bridgehead atoms. The Kier molecular flexibility index (Phi) is 3.78. The maximum Gasteiger partial charge on any atom is 0.125 e. The number of halogens is 1. The van der Waals surface area contributed by atoms with Crippen molar-refractivity contribution in [2.45, 2.75) is 25.8 Å². The molecule has 0 aliphatic carbocycles. The summed E-state index contributed by atoms with van der Waals surface area (Å²) in [6.45, 7) is 5.25. The van der Waals surface area contributed by atoms with Crippen molar-refractivity contribution in [3.63, 3.8) is 0 Å². The molecule has 1 aromatic carbocycles. The van der Waals surface area contributed by atoms with Crippen molar-refractivity contribution in [1.82, 2.24) is 5.32 Å². The van der Waals surface area contributed by atoms with Crippen LogP contribution in [-0.4, -0.2) is 25.7 Å². The zero-order valence-electron chi connectivity index (χ0n) is 9.75. The van der Waals surface area contributed by atoms with Gasteiger partial charge in [0.05, 0.1) is 0 Å². The fraction of sp³-hybridized carbons (Fsp3) is 0.538. The van der Waals surface area contributed by atoms with Crippen LogP contribution in [0.15, 0.2) is 24.3 Å². The first kappa shape index (κ1) is 11.4. The summed E-state index contributed by atoms with van der Waals surface area (Å²) in [6, 6.07) is 7.42. The van der Waals surface area contributed by atoms with Crippen molar-refractivity contribution in [2.75, 3.05) is 24.5 Å². The van der Waals surface area contributed by atoms with E-state index in [-0.39, 0.29) is 5.82 Å². The van der Waals surface area contributed by atoms with Gasteiger partial charge in [-0.3, -0.25) is 0 Å². The van der Waals surface area contributed by atoms with E-state index in [0.717, 1.165) is 38.2 Å². The van der Waals surface area contributed by atoms with Gasteiger partial charge >= 0.3 is 0 Å². The average Bonchev–Trinajstić information content (AvgIpc) is 2.75. The summed E-state index contributed by atoms with van der Waals surface area (Å²) >= 11 is 0. The van der Waals surface area contributed by atoms with E-state index < -0.39 is 0 Å². The van der Waals surface area contributed by atoms with E-state index in [4.69, 9.17) is 0 Å². The monoisotopic (exact) mass is 222 g/mol. The Labute approximate surface area is 96.5 Å². The van der Waals surface area contributed by atoms with Crippen LogP contribution in [0.4, 0.5) is 10.1 Å². The first-order valence-corrected chi connectivity index (χ1v) is 6.03. The number of hydrogen-bond donors (Lipinski definition) is 1. The van der Waals surface area contributed by atoms with Crippen LogP contribution >= 0.6 is 0 Å². The van der Waals surface area contributed by atoms with Crippen molar-refractivity contribution < 1.29 is 4.39 Å². The first-order chi connectivity index (χ1) is 7.79. The number of hydrogen-bond acceptors (Lipinski definition) is 2. The molecule has 1 N–H and O–H groups in total. The molecule has 0 amide bonds. The molecule has 0 aromatic heterocycles. The standard InChI is InChI=1S/C13H19FN2/c1-2-7-15-12-6-8-16(10-12)13-5-3-4-11(14)9-13/h3-5,9,12,15H,2,6-8,10H2,1H3. The molecule has 1 fully saturated rings. The Hall–Kier alpha value is -1.09. The summed E-state index contributed by atoms with van der Waals surface area (Å²) in [7, 11) is 0. The molecule has 2 nitrogen and oxygen atoms in total. The summed E-state index contributed by atoms with van der Waals surface area (Å²) in [6.07, 6.45) is 2.31. The molecule has 2 rings (SSSR count). The van der Waals surface area contributed by atoms with Crippen LogP contribution in [0.2, 0.25) is 0 Å². The largest absolute Gasteiger partial charge is 0.370 e. The van der Waals surface area contributed by atoms with Gasteiger partial charge in [-0.15, -0.1) is 0 Å². The Morgan fingerprint density at radius 1 is 1.50 bits per heavy atom. The number of nitrogens with zero attached hydrogens (tertiary/aromatic N) is 1. The van der Waals surface area contributed by atoms with E-state index >= 15 is 0 Å². The molecule has 1 atom stereocenters. The Balaban J connectivity index is 1.93. The smallest absolute Gasteiger partial charge is 0.125 e. The molecular formula is C13H19FN2. The van der Waals surface area contributed by atoms with Gasteiger partial charge in [0.2, 0.25) is 0 Å². The minimum Gasteiger partial charge on any atom is -0.370 e. The highest BCUT2D eigenvalue weighted by molar-refractivity contribution is 5.47. The highest BCUT2D eigenvalue weighted by atomic mass is 19.1. The Morgan fingerprint density at radius 2 is 2.38 bits per heavy atom. The lowest BCUT2D eigenvalue weighted by atomic mass is 10.2. The molecule has 1 aromatic rings. The lowest BCUT2D eigenvalue weighted by Crippen LogP contribution is -2.32. The molecule has 3 heteroatoms. The van der Waals surface area contributed by atoms with Gasteiger partial charge in [0.15, 0.2) is 0 Å². The van der Waals surface area contributed by atoms with Crippen LogP contribution in [0.5, 0.6) is 0 Å². The predicted octanol–water partition coefficient (Wildman–Crippen LogP) is 2.40. The number of nitrogens with one attached hydrogen (secondary N) is 1. The van der Waals surface area contributed by atoms with Crippen molar-refractivity contribution in [3.8, 4) is 0 Å². The molecule has 1 aliphatic heterocycles. The summed E-state index contributed by atoms with van der Waals surface area (Å²) in [4.78, 5) is 2.25. The maximum absolute atomic E-state index is 13.1. The maximum atomic E-state index is 13.1. The second-order valence-electron chi connectivity index (χ2n) is 4.37. The van der Waals surface area contributed by atoms with Gasteiger partial charge in [0.25, 0.3) is 0 Å². The fourth-order valence-electron chi connectivity index (χ4n) is 2.18. The molecule has 0 saturated carbocycles. The third-order valence-electron chi connectivity index (χ3n) is 3.04. The van der Waals surface area contributed by atoms with Gasteiger partial charge in [0.1, 0.15) is 5.82 Å². The normalized spacial score (nSPS) is 20.4. The van der Waals surface area contributed by atoms with Gasteiger partial charge in [0, 0.05) is 24.8 Å². The topological polar surface area (TPSA) is 15.3 Å². The molecule has 0 radical (unpaired) electrons. The van der Waals surface area contributed by atoms with E-state index in [9.17, 15) is 4.39 Å². The Morgan fingerprint density at radius 3 is 3.12 bits per heavy atom. The first-order valence-electron chi connectivity index (χ1n) is 6.03. The lowest BCUT2D eigenvalue weighted by Gasteiger charge is -2.19. The second-order valence-corrected chi connectivity index (χ2v) is 4.37. The summed E-state index contributed by atoms with van der Waals surface area (Å²) in [5.74, 6) is -0.150. The molecule has 1 saturated heterocycles. The quantitative estimate of drug-likeness (QED) is 0.841. The summed E-state index contributed by atoms with van der Waals surface area (Å²) < 4.78 is 13.1. The van der Waals surface area contributed by atoms with Crippen molar-refractivity contribution in [1.29, 1.82) is 0 Å². The minimum atomic E-state index is -0.150. The van der Waals surface area contributed by atoms with Crippen molar-refractivity contribution in [2.24, 2.45) is 0 Å². The van der Waals surface area contributed by atoms with Crippen molar-refractivity contribution >= 4 is 5.69 Å². The molecule has 1 heterocycles. The SMILES string of the molecule is CCCNC1CCN(c2cccc(F)c2)C1. The van der Waals surface area contributed by atoms with Gasteiger partial charge < -0.3 is 10.2 Å². The summed E-state index contributed by atoms with van der Waals surface area (Å²) in [5.41, 5.74) is 1.00. The molecule has 1 aliphatic rings. The van der Waals surface area contributed by atoms with E-state index in [1.54, 1.807) is 12.1 Å². The van der Waals surface area contributed by atoms with Gasteiger partial charge in [-0.2, -0.15) is 0 Å². The highest BCUT2D eigenvalue weighted by Gasteiger charge is 2.21. The number of rotatable bonds is 4. The van der Waals surface area contributed by atoms with Crippen molar-refractivity contribution in [3.05, 3.63) is 30.1 Å². The number of benzene rings is 1. The van der Waals surface area contributed by atoms with Crippen LogP contribution in [0.3, 0.4) is 0 Å². The Bertz CT molecular complexity index is 340. The van der Waals surface area contributed by atoms with Gasteiger partial charge in [-0.05, 0) is 37.6 Å². The van der Waals surface area contributed by atoms with Crippen LogP contribution in [0, 0.1) is 5.82 Å². The lowest BCUT2D eigenvalue weighted by molar-refractivity contribution is 0.549. The molecule has 1 unspecified atom stereocenters. The predicted molar refractivity (Wildman–Crippen MR) is 65.3 cm³/mol. The molecule has 88 valence electrons. The third kappa shape index (κ3) is 2.73. The zero-order valence-corrected chi connectivity index (χ0v) is 9.75. The average molecular weight is 222 g/mol. The zero-order chi connectivity index (χ0) is 11.4. The highest BCUT2D eigenvalue weighted by Crippen LogP contribution is 2.20. The second kappa shape index (κ2) is 5.30. The van der Waals surface area contributed by atoms with E-state index in [0.29, 0.717) is 6.04 Å². The van der Waals surface area contributed by atoms with Crippen LogP contribution < -0.4 is 10.2 Å². The van der Waals surface area contributed by atoms with Crippen LogP contribution in [0.25, 0.3) is 0 Å². The van der Waals surface area contributed by atoms with Gasteiger partial charge in [-0.1, -0.05) is 13.0 Å². The fourth-order valence-corrected chi connectivity index (χ4v) is 2.18.